The van der Waals surface area contributed by atoms with Gasteiger partial charge in [0, 0.05) is 23.5 Å². The fourth-order valence-corrected chi connectivity index (χ4v) is 3.15. The van der Waals surface area contributed by atoms with Crippen LogP contribution in [0.4, 0.5) is 11.4 Å². The molecule has 0 bridgehead atoms. The third-order valence-corrected chi connectivity index (χ3v) is 4.37. The number of anilines is 2. The van der Waals surface area contributed by atoms with Crippen molar-refractivity contribution < 1.29 is 0 Å². The molecule has 0 heterocycles. The summed E-state index contributed by atoms with van der Waals surface area (Å²) in [5, 5.41) is 8.99. The largest absolute Gasteiger partial charge is 0.310 e. The predicted octanol–water partition coefficient (Wildman–Crippen LogP) is 5.62. The Bertz CT molecular complexity index is 719. The van der Waals surface area contributed by atoms with Gasteiger partial charge in [0.1, 0.15) is 0 Å². The summed E-state index contributed by atoms with van der Waals surface area (Å²) in [4.78, 5) is 4.22. The number of hydrogen-bond acceptors (Lipinski definition) is 1. The van der Waals surface area contributed by atoms with Gasteiger partial charge in [-0.25, -0.2) is 0 Å². The summed E-state index contributed by atoms with van der Waals surface area (Å²) < 4.78 is 0. The average molecular weight is 338 g/mol. The first kappa shape index (κ1) is 19.0. The minimum Gasteiger partial charge on any atom is -0.310 e. The van der Waals surface area contributed by atoms with Gasteiger partial charge in [-0.15, -0.1) is 0 Å². The summed E-state index contributed by atoms with van der Waals surface area (Å²) in [6, 6.07) is 17.3. The second-order valence-corrected chi connectivity index (χ2v) is 7.11. The van der Waals surface area contributed by atoms with Crippen LogP contribution in [0.15, 0.2) is 48.5 Å². The van der Waals surface area contributed by atoms with Gasteiger partial charge in [0.25, 0.3) is 0 Å². The van der Waals surface area contributed by atoms with Crippen LogP contribution < -0.4 is 9.80 Å². The van der Waals surface area contributed by atoms with Crippen LogP contribution in [0, 0.1) is 12.3 Å². The Hall–Kier alpha value is -2.29. The van der Waals surface area contributed by atoms with Gasteiger partial charge in [-0.2, -0.15) is 0 Å². The lowest BCUT2D eigenvalue weighted by molar-refractivity contribution is 0.746. The molecule has 0 amide bonds. The van der Waals surface area contributed by atoms with Gasteiger partial charge < -0.3 is 9.80 Å². The van der Waals surface area contributed by atoms with Gasteiger partial charge in [-0.05, 0) is 76.4 Å². The molecule has 0 unspecified atom stereocenters. The summed E-state index contributed by atoms with van der Waals surface area (Å²) in [7, 11) is 0. The zero-order valence-corrected chi connectivity index (χ0v) is 16.4. The van der Waals surface area contributed by atoms with Gasteiger partial charge in [0.05, 0.1) is 0 Å². The summed E-state index contributed by atoms with van der Waals surface area (Å²) >= 11 is 0. The highest BCUT2D eigenvalue weighted by atomic mass is 15.4. The molecule has 0 fully saturated rings. The first-order valence-corrected chi connectivity index (χ1v) is 9.17. The van der Waals surface area contributed by atoms with E-state index in [9.17, 15) is 0 Å². The van der Waals surface area contributed by atoms with Crippen molar-refractivity contribution in [2.75, 3.05) is 9.80 Å². The lowest BCUT2D eigenvalue weighted by Gasteiger charge is -2.38. The molecule has 1 N–H and O–H groups in total. The van der Waals surface area contributed by atoms with Crippen molar-refractivity contribution in [3.63, 3.8) is 0 Å². The number of guanidine groups is 1. The van der Waals surface area contributed by atoms with Crippen LogP contribution >= 0.6 is 0 Å². The van der Waals surface area contributed by atoms with E-state index >= 15 is 0 Å². The Kier molecular flexibility index (Phi) is 6.24. The molecule has 0 atom stereocenters. The monoisotopic (exact) mass is 337 g/mol. The van der Waals surface area contributed by atoms with Crippen molar-refractivity contribution in [1.29, 1.82) is 5.41 Å². The number of nitrogens with one attached hydrogen (secondary N) is 1. The molecule has 25 heavy (non-hydrogen) atoms. The molecule has 0 aromatic heterocycles. The first-order valence-electron chi connectivity index (χ1n) is 9.17. The number of rotatable bonds is 5. The number of benzene rings is 2. The minimum absolute atomic E-state index is 0.199. The SMILES string of the molecule is CCc1cccc(N(C(=N)N(c2cccc(C)c2)C(C)C)C(C)C)c1. The third-order valence-electron chi connectivity index (χ3n) is 4.37. The lowest BCUT2D eigenvalue weighted by Crippen LogP contribution is -2.50. The Labute approximate surface area is 152 Å². The highest BCUT2D eigenvalue weighted by molar-refractivity contribution is 6.06. The van der Waals surface area contributed by atoms with Gasteiger partial charge in [-0.3, -0.25) is 5.41 Å². The van der Waals surface area contributed by atoms with E-state index in [-0.39, 0.29) is 12.1 Å². The second-order valence-electron chi connectivity index (χ2n) is 7.11. The van der Waals surface area contributed by atoms with E-state index in [1.54, 1.807) is 0 Å². The summed E-state index contributed by atoms with van der Waals surface area (Å²) in [6.07, 6.45) is 0.999. The first-order chi connectivity index (χ1) is 11.8. The van der Waals surface area contributed by atoms with Crippen molar-refractivity contribution in [1.82, 2.24) is 0 Å². The van der Waals surface area contributed by atoms with Crippen molar-refractivity contribution >= 4 is 17.3 Å². The lowest BCUT2D eigenvalue weighted by atomic mass is 10.1. The fraction of sp³-hybridized carbons (Fsp3) is 0.409. The number of hydrogen-bond donors (Lipinski definition) is 1. The van der Waals surface area contributed by atoms with Crippen LogP contribution in [-0.2, 0) is 6.42 Å². The van der Waals surface area contributed by atoms with Crippen LogP contribution in [0.2, 0.25) is 0 Å². The van der Waals surface area contributed by atoms with E-state index in [2.05, 4.69) is 99.9 Å². The number of nitrogens with zero attached hydrogens (tertiary/aromatic N) is 2. The minimum atomic E-state index is 0.199. The average Bonchev–Trinajstić information content (AvgIpc) is 2.54. The van der Waals surface area contributed by atoms with E-state index in [1.807, 2.05) is 0 Å². The number of aryl methyl sites for hydroxylation is 2. The van der Waals surface area contributed by atoms with Crippen LogP contribution in [-0.4, -0.2) is 18.0 Å². The zero-order valence-electron chi connectivity index (χ0n) is 16.4. The van der Waals surface area contributed by atoms with E-state index in [1.165, 1.54) is 11.1 Å². The molecule has 3 nitrogen and oxygen atoms in total. The molecular weight excluding hydrogens is 306 g/mol. The quantitative estimate of drug-likeness (QED) is 0.567. The normalized spacial score (nSPS) is 11.0. The molecule has 2 aromatic carbocycles. The molecule has 2 aromatic rings. The highest BCUT2D eigenvalue weighted by Gasteiger charge is 2.24. The van der Waals surface area contributed by atoms with Crippen molar-refractivity contribution in [2.24, 2.45) is 0 Å². The summed E-state index contributed by atoms with van der Waals surface area (Å²) in [5.41, 5.74) is 4.65. The van der Waals surface area contributed by atoms with Gasteiger partial charge in [0.15, 0.2) is 0 Å². The van der Waals surface area contributed by atoms with Crippen molar-refractivity contribution in [3.05, 3.63) is 59.7 Å². The van der Waals surface area contributed by atoms with E-state index in [0.717, 1.165) is 17.8 Å². The van der Waals surface area contributed by atoms with E-state index in [4.69, 9.17) is 5.41 Å². The van der Waals surface area contributed by atoms with Crippen LogP contribution in [0.25, 0.3) is 0 Å². The topological polar surface area (TPSA) is 30.3 Å². The smallest absolute Gasteiger partial charge is 0.203 e. The van der Waals surface area contributed by atoms with Gasteiger partial charge in [-0.1, -0.05) is 31.2 Å². The van der Waals surface area contributed by atoms with Crippen LogP contribution in [0.5, 0.6) is 0 Å². The highest BCUT2D eigenvalue weighted by Crippen LogP contribution is 2.25. The van der Waals surface area contributed by atoms with Gasteiger partial charge in [0.2, 0.25) is 5.96 Å². The molecular formula is C22H31N3. The Balaban J connectivity index is 2.46. The molecule has 0 spiro atoms. The molecule has 0 radical (unpaired) electrons. The molecule has 0 aliphatic heterocycles. The molecule has 0 saturated carbocycles. The van der Waals surface area contributed by atoms with Crippen molar-refractivity contribution in [2.45, 2.75) is 60.0 Å². The maximum Gasteiger partial charge on any atom is 0.203 e. The molecule has 0 aliphatic rings. The van der Waals surface area contributed by atoms with Crippen LogP contribution in [0.3, 0.4) is 0 Å². The molecule has 0 aliphatic carbocycles. The third kappa shape index (κ3) is 4.41. The predicted molar refractivity (Wildman–Crippen MR) is 110 cm³/mol. The van der Waals surface area contributed by atoms with E-state index in [0.29, 0.717) is 5.96 Å². The molecule has 0 saturated heterocycles. The Morgan fingerprint density at radius 1 is 0.880 bits per heavy atom. The fourth-order valence-electron chi connectivity index (χ4n) is 3.15. The maximum atomic E-state index is 8.99. The molecule has 134 valence electrons. The standard InChI is InChI=1S/C22H31N3/c1-7-19-11-9-13-21(15-19)25(17(4)5)22(23)24(16(2)3)20-12-8-10-18(6)14-20/h8-17,23H,7H2,1-6H3. The van der Waals surface area contributed by atoms with Gasteiger partial charge >= 0.3 is 0 Å². The maximum absolute atomic E-state index is 8.99. The Morgan fingerprint density at radius 3 is 1.88 bits per heavy atom. The molecule has 2 rings (SSSR count). The van der Waals surface area contributed by atoms with E-state index < -0.39 is 0 Å². The Morgan fingerprint density at radius 2 is 1.40 bits per heavy atom. The summed E-state index contributed by atoms with van der Waals surface area (Å²) in [5.74, 6) is 0.517. The van der Waals surface area contributed by atoms with Crippen LogP contribution in [0.1, 0.15) is 45.7 Å². The van der Waals surface area contributed by atoms with Crippen molar-refractivity contribution in [3.8, 4) is 0 Å². The zero-order chi connectivity index (χ0) is 18.6. The molecule has 3 heteroatoms. The second kappa shape index (κ2) is 8.19. The summed E-state index contributed by atoms with van der Waals surface area (Å²) in [6.45, 7) is 12.8.